The lowest BCUT2D eigenvalue weighted by atomic mass is 10.0. The van der Waals surface area contributed by atoms with Gasteiger partial charge in [-0.05, 0) is 141 Å². The Hall–Kier alpha value is -4.71. The van der Waals surface area contributed by atoms with Crippen LogP contribution >= 0.6 is 0 Å². The van der Waals surface area contributed by atoms with Crippen molar-refractivity contribution in [3.63, 3.8) is 0 Å². The molecule has 0 aromatic rings. The molecule has 0 aromatic heterocycles. The second-order valence-corrected chi connectivity index (χ2v) is 22.3. The zero-order chi connectivity index (χ0) is 59.9. The number of allylic oxidation sites excluding steroid dienone is 24. The number of hydrogen-bond acceptors (Lipinski definition) is 6. The molecule has 0 rings (SSSR count). The molecular formula is C77H126O6. The first-order valence-electron chi connectivity index (χ1n) is 34.3. The van der Waals surface area contributed by atoms with Crippen LogP contribution in [0.3, 0.4) is 0 Å². The van der Waals surface area contributed by atoms with E-state index in [1.165, 1.54) is 122 Å². The number of esters is 3. The Balaban J connectivity index is 4.41. The van der Waals surface area contributed by atoms with E-state index in [4.69, 9.17) is 14.2 Å². The van der Waals surface area contributed by atoms with Gasteiger partial charge in [-0.2, -0.15) is 0 Å². The molecule has 0 saturated heterocycles. The molecule has 470 valence electrons. The first-order chi connectivity index (χ1) is 41.0. The monoisotopic (exact) mass is 1150 g/mol. The molecule has 0 fully saturated rings. The van der Waals surface area contributed by atoms with Crippen LogP contribution in [-0.4, -0.2) is 37.2 Å². The third-order valence-corrected chi connectivity index (χ3v) is 14.3. The van der Waals surface area contributed by atoms with Crippen molar-refractivity contribution in [2.75, 3.05) is 13.2 Å². The number of ether oxygens (including phenoxy) is 3. The quantitative estimate of drug-likeness (QED) is 0.0261. The van der Waals surface area contributed by atoms with E-state index < -0.39 is 6.10 Å². The molecular weight excluding hydrogens is 1020 g/mol. The van der Waals surface area contributed by atoms with Gasteiger partial charge in [0.2, 0.25) is 0 Å². The molecule has 6 nitrogen and oxygen atoms in total. The number of hydrogen-bond donors (Lipinski definition) is 0. The Labute approximate surface area is 512 Å². The maximum atomic E-state index is 12.9. The van der Waals surface area contributed by atoms with Crippen LogP contribution in [-0.2, 0) is 28.6 Å². The van der Waals surface area contributed by atoms with Crippen LogP contribution in [0.1, 0.15) is 303 Å². The normalized spacial score (nSPS) is 13.0. The van der Waals surface area contributed by atoms with Gasteiger partial charge in [0, 0.05) is 19.3 Å². The molecule has 0 aliphatic heterocycles. The molecule has 0 aromatic carbocycles. The number of unbranched alkanes of at least 4 members (excludes halogenated alkanes) is 26. The third-order valence-electron chi connectivity index (χ3n) is 14.3. The number of rotatable bonds is 61. The standard InChI is InChI=1S/C77H126O6/c1-4-7-10-13-16-19-22-25-28-30-32-34-36-37-38-39-41-42-44-46-49-52-55-58-61-64-67-70-76(79)82-73-74(72-81-75(78)69-66-63-60-57-54-51-48-27-24-21-18-15-12-9-6-3)83-77(80)71-68-65-62-59-56-53-50-47-45-43-40-35-33-31-29-26-23-20-17-14-11-8-5-2/h8-9,11-12,17-18,20-22,25-27,29-30,32-33,35,43,45,48,50,53-54,57,74H,4-7,10,13-16,19,23-24,28,31,34,36-42,44,46-47,49,51-52,55-56,58-73H2,1-3H3/b11-8-,12-9-,20-17-,21-18-,25-22-,29-26-,32-30-,35-33-,45-43-,48-27-,53-50-,57-54-. The van der Waals surface area contributed by atoms with Gasteiger partial charge in [-0.15, -0.1) is 0 Å². The summed E-state index contributed by atoms with van der Waals surface area (Å²) in [6, 6.07) is 0. The summed E-state index contributed by atoms with van der Waals surface area (Å²) in [5.41, 5.74) is 0. The largest absolute Gasteiger partial charge is 0.462 e. The van der Waals surface area contributed by atoms with Crippen molar-refractivity contribution < 1.29 is 28.6 Å². The van der Waals surface area contributed by atoms with Gasteiger partial charge < -0.3 is 14.2 Å². The van der Waals surface area contributed by atoms with Gasteiger partial charge in [0.1, 0.15) is 13.2 Å². The van der Waals surface area contributed by atoms with Crippen molar-refractivity contribution in [3.8, 4) is 0 Å². The maximum Gasteiger partial charge on any atom is 0.306 e. The van der Waals surface area contributed by atoms with Crippen LogP contribution in [0, 0.1) is 0 Å². The van der Waals surface area contributed by atoms with E-state index in [9.17, 15) is 14.4 Å². The molecule has 0 bridgehead atoms. The van der Waals surface area contributed by atoms with Crippen molar-refractivity contribution in [2.45, 2.75) is 309 Å². The summed E-state index contributed by atoms with van der Waals surface area (Å²) in [4.78, 5) is 38.4. The predicted molar refractivity (Wildman–Crippen MR) is 362 cm³/mol. The Bertz CT molecular complexity index is 1800. The molecule has 1 atom stereocenters. The first kappa shape index (κ1) is 78.3. The molecule has 0 amide bonds. The van der Waals surface area contributed by atoms with Crippen LogP contribution in [0.25, 0.3) is 0 Å². The Kier molecular flexibility index (Phi) is 65.8. The van der Waals surface area contributed by atoms with Crippen molar-refractivity contribution in [1.82, 2.24) is 0 Å². The fourth-order valence-corrected chi connectivity index (χ4v) is 9.23. The van der Waals surface area contributed by atoms with Gasteiger partial charge in [0.05, 0.1) is 0 Å². The van der Waals surface area contributed by atoms with Gasteiger partial charge in [0.25, 0.3) is 0 Å². The molecule has 6 heteroatoms. The molecule has 1 unspecified atom stereocenters. The summed E-state index contributed by atoms with van der Waals surface area (Å²) in [5.74, 6) is -0.971. The second kappa shape index (κ2) is 69.8. The van der Waals surface area contributed by atoms with Crippen LogP contribution < -0.4 is 0 Å². The fraction of sp³-hybridized carbons (Fsp3) is 0.649. The lowest BCUT2D eigenvalue weighted by Gasteiger charge is -2.18. The van der Waals surface area contributed by atoms with E-state index in [-0.39, 0.29) is 37.5 Å². The smallest absolute Gasteiger partial charge is 0.306 e. The lowest BCUT2D eigenvalue weighted by Crippen LogP contribution is -2.30. The fourth-order valence-electron chi connectivity index (χ4n) is 9.23. The zero-order valence-corrected chi connectivity index (χ0v) is 53.9. The highest BCUT2D eigenvalue weighted by molar-refractivity contribution is 5.71. The van der Waals surface area contributed by atoms with E-state index in [2.05, 4.69) is 167 Å². The maximum absolute atomic E-state index is 12.9. The second-order valence-electron chi connectivity index (χ2n) is 22.3. The molecule has 0 spiro atoms. The van der Waals surface area contributed by atoms with Gasteiger partial charge >= 0.3 is 17.9 Å². The van der Waals surface area contributed by atoms with Gasteiger partial charge in [-0.1, -0.05) is 289 Å². The van der Waals surface area contributed by atoms with Crippen molar-refractivity contribution >= 4 is 17.9 Å². The van der Waals surface area contributed by atoms with E-state index in [0.717, 1.165) is 135 Å². The number of carbonyl (C=O) groups excluding carboxylic acids is 3. The molecule has 83 heavy (non-hydrogen) atoms. The van der Waals surface area contributed by atoms with Crippen molar-refractivity contribution in [1.29, 1.82) is 0 Å². The van der Waals surface area contributed by atoms with Crippen molar-refractivity contribution in [2.24, 2.45) is 0 Å². The van der Waals surface area contributed by atoms with E-state index in [0.29, 0.717) is 19.3 Å². The average molecular weight is 1150 g/mol. The minimum absolute atomic E-state index is 0.106. The Morgan fingerprint density at radius 3 is 0.759 bits per heavy atom. The summed E-state index contributed by atoms with van der Waals surface area (Å²) >= 11 is 0. The first-order valence-corrected chi connectivity index (χ1v) is 34.3. The highest BCUT2D eigenvalue weighted by atomic mass is 16.6. The SMILES string of the molecule is CC/C=C\C/C=C\C/C=C\C/C=C\C/C=C\C/C=C\CCCCCCC(=O)OC(COC(=O)CCCC/C=C\C/C=C\C/C=C\C/C=C\CC)COC(=O)CCCCCCCCCCCCCCCCC/C=C\C/C=C\CCCCCCC. The summed E-state index contributed by atoms with van der Waals surface area (Å²) in [6.07, 6.45) is 100. The van der Waals surface area contributed by atoms with Crippen LogP contribution in [0.5, 0.6) is 0 Å². The zero-order valence-electron chi connectivity index (χ0n) is 53.9. The van der Waals surface area contributed by atoms with Crippen LogP contribution in [0.4, 0.5) is 0 Å². The van der Waals surface area contributed by atoms with E-state index in [1.54, 1.807) is 0 Å². The highest BCUT2D eigenvalue weighted by Crippen LogP contribution is 2.16. The van der Waals surface area contributed by atoms with E-state index >= 15 is 0 Å². The topological polar surface area (TPSA) is 78.9 Å². The lowest BCUT2D eigenvalue weighted by molar-refractivity contribution is -0.167. The summed E-state index contributed by atoms with van der Waals surface area (Å²) in [6.45, 7) is 6.36. The van der Waals surface area contributed by atoms with Gasteiger partial charge in [-0.3, -0.25) is 14.4 Å². The number of carbonyl (C=O) groups is 3. The molecule has 0 saturated carbocycles. The van der Waals surface area contributed by atoms with Crippen LogP contribution in [0.2, 0.25) is 0 Å². The molecule has 0 aliphatic rings. The predicted octanol–water partition coefficient (Wildman–Crippen LogP) is 23.9. The molecule has 0 aliphatic carbocycles. The Morgan fingerprint density at radius 2 is 0.470 bits per heavy atom. The molecule has 0 radical (unpaired) electrons. The van der Waals surface area contributed by atoms with Gasteiger partial charge in [0.15, 0.2) is 6.10 Å². The summed E-state index contributed by atoms with van der Waals surface area (Å²) in [7, 11) is 0. The average Bonchev–Trinajstić information content (AvgIpc) is 3.49. The van der Waals surface area contributed by atoms with E-state index in [1.807, 2.05) is 0 Å². The Morgan fingerprint density at radius 1 is 0.253 bits per heavy atom. The summed E-state index contributed by atoms with van der Waals surface area (Å²) in [5, 5.41) is 0. The third kappa shape index (κ3) is 68.0. The van der Waals surface area contributed by atoms with Crippen molar-refractivity contribution in [3.05, 3.63) is 146 Å². The van der Waals surface area contributed by atoms with Crippen LogP contribution in [0.15, 0.2) is 146 Å². The van der Waals surface area contributed by atoms with Gasteiger partial charge in [-0.25, -0.2) is 0 Å². The summed E-state index contributed by atoms with van der Waals surface area (Å²) < 4.78 is 16.9. The minimum atomic E-state index is -0.817. The minimum Gasteiger partial charge on any atom is -0.462 e. The molecule has 0 heterocycles. The molecule has 0 N–H and O–H groups in total. The highest BCUT2D eigenvalue weighted by Gasteiger charge is 2.19.